The van der Waals surface area contributed by atoms with E-state index in [9.17, 15) is 0 Å². The molecular weight excluding hydrogens is 308 g/mol. The lowest BCUT2D eigenvalue weighted by molar-refractivity contribution is 0.0438. The van der Waals surface area contributed by atoms with E-state index in [1.807, 2.05) is 25.3 Å². The summed E-state index contributed by atoms with van der Waals surface area (Å²) >= 11 is 3.48. The number of aromatic amines is 1. The van der Waals surface area contributed by atoms with Crippen LogP contribution in [0, 0.1) is 0 Å². The SMILES string of the molecule is CCOC(CC)CCOc1nc2[nH]ccc2cc1Br. The molecule has 0 saturated carbocycles. The van der Waals surface area contributed by atoms with Gasteiger partial charge in [0.15, 0.2) is 0 Å². The first-order valence-electron chi connectivity index (χ1n) is 6.62. The predicted octanol–water partition coefficient (Wildman–Crippen LogP) is 3.91. The summed E-state index contributed by atoms with van der Waals surface area (Å²) in [4.78, 5) is 7.52. The van der Waals surface area contributed by atoms with Gasteiger partial charge in [-0.05, 0) is 41.4 Å². The van der Waals surface area contributed by atoms with Gasteiger partial charge < -0.3 is 14.5 Å². The fraction of sp³-hybridized carbons (Fsp3) is 0.500. The number of ether oxygens (including phenoxy) is 2. The first-order chi connectivity index (χ1) is 9.24. The highest BCUT2D eigenvalue weighted by Crippen LogP contribution is 2.26. The Bertz CT molecular complexity index is 527. The molecule has 5 heteroatoms. The predicted molar refractivity (Wildman–Crippen MR) is 79.6 cm³/mol. The van der Waals surface area contributed by atoms with Crippen LogP contribution in [0.15, 0.2) is 22.8 Å². The minimum atomic E-state index is 0.262. The molecule has 0 fully saturated rings. The number of halogens is 1. The van der Waals surface area contributed by atoms with Crippen LogP contribution in [0.4, 0.5) is 0 Å². The first-order valence-corrected chi connectivity index (χ1v) is 7.42. The summed E-state index contributed by atoms with van der Waals surface area (Å²) in [5.74, 6) is 0.626. The molecule has 2 aromatic rings. The quantitative estimate of drug-likeness (QED) is 0.839. The fourth-order valence-electron chi connectivity index (χ4n) is 1.97. The van der Waals surface area contributed by atoms with Gasteiger partial charge >= 0.3 is 0 Å². The smallest absolute Gasteiger partial charge is 0.229 e. The Morgan fingerprint density at radius 1 is 1.42 bits per heavy atom. The number of hydrogen-bond donors (Lipinski definition) is 1. The van der Waals surface area contributed by atoms with Crippen LogP contribution >= 0.6 is 15.9 Å². The zero-order chi connectivity index (χ0) is 13.7. The number of nitrogens with zero attached hydrogens (tertiary/aromatic N) is 1. The van der Waals surface area contributed by atoms with Gasteiger partial charge in [-0.15, -0.1) is 0 Å². The van der Waals surface area contributed by atoms with Gasteiger partial charge in [-0.25, -0.2) is 0 Å². The van der Waals surface area contributed by atoms with E-state index in [0.717, 1.165) is 35.0 Å². The van der Waals surface area contributed by atoms with Gasteiger partial charge in [0.05, 0.1) is 17.2 Å². The van der Waals surface area contributed by atoms with Gasteiger partial charge in [-0.1, -0.05) is 6.92 Å². The summed E-state index contributed by atoms with van der Waals surface area (Å²) in [6.07, 6.45) is 4.01. The Balaban J connectivity index is 1.95. The monoisotopic (exact) mass is 326 g/mol. The molecule has 0 aliphatic carbocycles. The molecule has 1 N–H and O–H groups in total. The Morgan fingerprint density at radius 3 is 3.00 bits per heavy atom. The van der Waals surface area contributed by atoms with Gasteiger partial charge in [0.25, 0.3) is 0 Å². The lowest BCUT2D eigenvalue weighted by Gasteiger charge is -2.15. The van der Waals surface area contributed by atoms with Crippen molar-refractivity contribution in [3.05, 3.63) is 22.8 Å². The van der Waals surface area contributed by atoms with Crippen molar-refractivity contribution in [1.82, 2.24) is 9.97 Å². The number of pyridine rings is 1. The fourth-order valence-corrected chi connectivity index (χ4v) is 2.42. The summed E-state index contributed by atoms with van der Waals surface area (Å²) in [6.45, 7) is 5.49. The highest BCUT2D eigenvalue weighted by molar-refractivity contribution is 9.10. The molecule has 0 spiro atoms. The van der Waals surface area contributed by atoms with E-state index in [-0.39, 0.29) is 6.10 Å². The Morgan fingerprint density at radius 2 is 2.26 bits per heavy atom. The van der Waals surface area contributed by atoms with Crippen LogP contribution in [0.2, 0.25) is 0 Å². The second-order valence-electron chi connectivity index (χ2n) is 4.31. The molecule has 0 aliphatic heterocycles. The Kier molecular flexibility index (Phi) is 5.22. The topological polar surface area (TPSA) is 47.1 Å². The zero-order valence-corrected chi connectivity index (χ0v) is 12.9. The second-order valence-corrected chi connectivity index (χ2v) is 5.17. The molecule has 0 bridgehead atoms. The van der Waals surface area contributed by atoms with E-state index >= 15 is 0 Å². The van der Waals surface area contributed by atoms with Gasteiger partial charge in [0, 0.05) is 24.6 Å². The molecule has 2 rings (SSSR count). The molecule has 104 valence electrons. The Hall–Kier alpha value is -1.07. The maximum Gasteiger partial charge on any atom is 0.229 e. The number of H-pyrrole nitrogens is 1. The normalized spacial score (nSPS) is 12.8. The third-order valence-corrected chi connectivity index (χ3v) is 3.56. The first kappa shape index (κ1) is 14.3. The third-order valence-electron chi connectivity index (χ3n) is 2.99. The molecule has 2 aromatic heterocycles. The number of nitrogens with one attached hydrogen (secondary N) is 1. The molecule has 0 radical (unpaired) electrons. The number of aromatic nitrogens is 2. The summed E-state index contributed by atoms with van der Waals surface area (Å²) in [5, 5.41) is 1.07. The van der Waals surface area contributed by atoms with E-state index in [4.69, 9.17) is 9.47 Å². The lowest BCUT2D eigenvalue weighted by atomic mass is 10.2. The summed E-state index contributed by atoms with van der Waals surface area (Å²) in [7, 11) is 0. The highest BCUT2D eigenvalue weighted by Gasteiger charge is 2.09. The van der Waals surface area contributed by atoms with Crippen molar-refractivity contribution < 1.29 is 9.47 Å². The maximum atomic E-state index is 5.73. The van der Waals surface area contributed by atoms with Crippen LogP contribution in [0.5, 0.6) is 5.88 Å². The van der Waals surface area contributed by atoms with Crippen molar-refractivity contribution in [2.24, 2.45) is 0 Å². The van der Waals surface area contributed by atoms with Crippen molar-refractivity contribution in [3.8, 4) is 5.88 Å². The molecule has 1 atom stereocenters. The number of fused-ring (bicyclic) bond motifs is 1. The van der Waals surface area contributed by atoms with Gasteiger partial charge in [0.2, 0.25) is 5.88 Å². The van der Waals surface area contributed by atoms with E-state index < -0.39 is 0 Å². The average molecular weight is 327 g/mol. The number of hydrogen-bond acceptors (Lipinski definition) is 3. The van der Waals surface area contributed by atoms with Crippen LogP contribution in [0.3, 0.4) is 0 Å². The van der Waals surface area contributed by atoms with E-state index in [2.05, 4.69) is 32.8 Å². The van der Waals surface area contributed by atoms with Gasteiger partial charge in [-0.2, -0.15) is 4.98 Å². The Labute approximate surface area is 121 Å². The van der Waals surface area contributed by atoms with Crippen LogP contribution in [-0.2, 0) is 4.74 Å². The molecule has 0 aliphatic rings. The summed E-state index contributed by atoms with van der Waals surface area (Å²) in [5.41, 5.74) is 0.843. The van der Waals surface area contributed by atoms with Gasteiger partial charge in [0.1, 0.15) is 5.65 Å². The van der Waals surface area contributed by atoms with Crippen molar-refractivity contribution in [3.63, 3.8) is 0 Å². The molecular formula is C14H19BrN2O2. The largest absolute Gasteiger partial charge is 0.477 e. The number of rotatable bonds is 7. The van der Waals surface area contributed by atoms with Crippen LogP contribution in [-0.4, -0.2) is 29.3 Å². The zero-order valence-electron chi connectivity index (χ0n) is 11.3. The van der Waals surface area contributed by atoms with E-state index in [1.54, 1.807) is 0 Å². The standard InChI is InChI=1S/C14H19BrN2O2/c1-3-11(18-4-2)6-8-19-14-12(15)9-10-5-7-16-13(10)17-14/h5,7,9,11H,3-4,6,8H2,1-2H3,(H,16,17). The maximum absolute atomic E-state index is 5.73. The molecule has 4 nitrogen and oxygen atoms in total. The molecule has 19 heavy (non-hydrogen) atoms. The second kappa shape index (κ2) is 6.91. The van der Waals surface area contributed by atoms with Crippen molar-refractivity contribution in [2.45, 2.75) is 32.8 Å². The van der Waals surface area contributed by atoms with Crippen LogP contribution in [0.1, 0.15) is 26.7 Å². The van der Waals surface area contributed by atoms with Gasteiger partial charge in [-0.3, -0.25) is 0 Å². The summed E-state index contributed by atoms with van der Waals surface area (Å²) in [6, 6.07) is 3.99. The lowest BCUT2D eigenvalue weighted by Crippen LogP contribution is -2.16. The average Bonchev–Trinajstić information content (AvgIpc) is 2.84. The van der Waals surface area contributed by atoms with E-state index in [0.29, 0.717) is 12.5 Å². The minimum absolute atomic E-state index is 0.262. The van der Waals surface area contributed by atoms with Crippen molar-refractivity contribution in [2.75, 3.05) is 13.2 Å². The molecule has 0 saturated heterocycles. The third kappa shape index (κ3) is 3.70. The van der Waals surface area contributed by atoms with E-state index in [1.165, 1.54) is 0 Å². The molecule has 1 unspecified atom stereocenters. The molecule has 0 aromatic carbocycles. The van der Waals surface area contributed by atoms with Crippen LogP contribution < -0.4 is 4.74 Å². The molecule has 2 heterocycles. The summed E-state index contributed by atoms with van der Waals surface area (Å²) < 4.78 is 12.2. The van der Waals surface area contributed by atoms with Crippen LogP contribution in [0.25, 0.3) is 11.0 Å². The van der Waals surface area contributed by atoms with Crippen molar-refractivity contribution in [1.29, 1.82) is 0 Å². The highest BCUT2D eigenvalue weighted by atomic mass is 79.9. The van der Waals surface area contributed by atoms with Crippen molar-refractivity contribution >= 4 is 27.0 Å². The minimum Gasteiger partial charge on any atom is -0.477 e. The molecule has 0 amide bonds.